The van der Waals surface area contributed by atoms with Crippen LogP contribution in [0.25, 0.3) is 56.7 Å². The molecule has 7 atom stereocenters. The standard InChI is InChI=1S/C36H43N3O6.C22H21N3O3.C13H23NO4.2CH4/c1-7-9-10-13-19-44-35(42)39-32(36(3,4)5)31(40)26-21-25(22-27(26)34(41)43-6)45-33-30(24-16-14-15-23(8-2)20-24)37-28-17-11-12-18-29(28)38-33;1-3-14-7-6-8-15(11-14)20-21(25-18-10-5-4-9-17(18)24-20)28-16-12-19(23-13-16)22(26)27-2;1-5-6-7-8-9-18-12(17)14-10(11(15)16)13(2,3)4;;/h7-8,11-12,14-18,20,25-27,32H,1-2,9-10,13,19,21-22H2,3-6H3,(H,39,42);3-11,16,19,23H,1,12-13H2,2H3;5,10H,1,6-9H2,2-4H3,(H,14,17)(H,15,16);2*1H4/t25-,26?,27+,32+;16-,19+;10-;;/m011../s1. The van der Waals surface area contributed by atoms with Crippen LogP contribution >= 0.6 is 0 Å². The SMILES string of the molecule is C.C.C=CCCCCOC(=O)N[C@H](C(=O)C1C[C@H](Oc2nc3ccccc3nc2-c2cccc(C=C)c2)C[C@H]1C(=O)OC)C(C)(C)C.C=CCCCCOC(=O)N[C@H](C(=O)O)C(C)(C)C.C=Cc1cccc(-c2nc3ccccc3nc2O[C@H]2CN[C@H](C(=O)OC)C2)c1. The van der Waals surface area contributed by atoms with Crippen LogP contribution in [0.5, 0.6) is 11.8 Å². The number of aromatic nitrogens is 4. The molecule has 2 aromatic heterocycles. The molecule has 20 heteroatoms. The highest BCUT2D eigenvalue weighted by Crippen LogP contribution is 2.41. The van der Waals surface area contributed by atoms with Gasteiger partial charge in [-0.05, 0) is 110 Å². The van der Waals surface area contributed by atoms with E-state index in [9.17, 15) is 28.8 Å². The van der Waals surface area contributed by atoms with E-state index in [0.717, 1.165) is 65.4 Å². The number of esters is 2. The number of rotatable bonds is 25. The number of Topliss-reactive ketones (excluding diaryl/α,β-unsaturated/α-hetero) is 1. The second-order valence-electron chi connectivity index (χ2n) is 24.3. The van der Waals surface area contributed by atoms with Crippen LogP contribution in [0.2, 0.25) is 0 Å². The van der Waals surface area contributed by atoms with Crippen molar-refractivity contribution in [3.8, 4) is 34.3 Å². The number of carboxylic acid groups (broad SMARTS) is 1. The summed E-state index contributed by atoms with van der Waals surface area (Å²) in [6.07, 6.45) is 11.0. The summed E-state index contributed by atoms with van der Waals surface area (Å²) >= 11 is 0. The Balaban J connectivity index is 0.000000327. The predicted octanol–water partition coefficient (Wildman–Crippen LogP) is 14.0. The first-order valence-electron chi connectivity index (χ1n) is 30.6. The maximum Gasteiger partial charge on any atom is 0.407 e. The predicted molar refractivity (Wildman–Crippen MR) is 365 cm³/mol. The van der Waals surface area contributed by atoms with Crippen molar-refractivity contribution >= 4 is 70.1 Å². The minimum Gasteiger partial charge on any atom is -0.480 e. The molecule has 0 radical (unpaired) electrons. The largest absolute Gasteiger partial charge is 0.480 e. The molecule has 500 valence electrons. The zero-order valence-electron chi connectivity index (χ0n) is 53.5. The van der Waals surface area contributed by atoms with E-state index < -0.39 is 65.0 Å². The number of hydrogen-bond acceptors (Lipinski definition) is 17. The summed E-state index contributed by atoms with van der Waals surface area (Å²) in [6.45, 7) is 26.9. The first kappa shape index (κ1) is 76.2. The van der Waals surface area contributed by atoms with Crippen LogP contribution in [0.15, 0.2) is 136 Å². The van der Waals surface area contributed by atoms with Crippen molar-refractivity contribution in [2.24, 2.45) is 22.7 Å². The van der Waals surface area contributed by atoms with Gasteiger partial charge in [0.1, 0.15) is 35.7 Å². The third-order valence-electron chi connectivity index (χ3n) is 15.2. The number of carbonyl (C=O) groups is 6. The van der Waals surface area contributed by atoms with Crippen LogP contribution in [0, 0.1) is 22.7 Å². The number of para-hydroxylation sites is 4. The Kier molecular flexibility index (Phi) is 30.0. The number of alkyl carbamates (subject to hydrolysis) is 2. The number of nitrogens with one attached hydrogen (secondary N) is 3. The molecule has 3 heterocycles. The maximum absolute atomic E-state index is 14.1. The highest BCUT2D eigenvalue weighted by molar-refractivity contribution is 5.94. The van der Waals surface area contributed by atoms with E-state index in [0.29, 0.717) is 53.6 Å². The number of allylic oxidation sites excluding steroid dienone is 2. The molecule has 2 fully saturated rings. The number of carbonyl (C=O) groups excluding carboxylic acids is 5. The molecule has 1 aliphatic carbocycles. The fraction of sp³-hybridized carbons (Fsp3) is 0.425. The molecule has 0 bridgehead atoms. The van der Waals surface area contributed by atoms with Gasteiger partial charge in [-0.15, -0.1) is 13.2 Å². The topological polar surface area (TPSA) is 266 Å². The molecule has 4 N–H and O–H groups in total. The van der Waals surface area contributed by atoms with Gasteiger partial charge in [-0.1, -0.05) is 155 Å². The lowest BCUT2D eigenvalue weighted by Crippen LogP contribution is -2.52. The summed E-state index contributed by atoms with van der Waals surface area (Å²) in [5.74, 6) is -2.85. The number of ketones is 1. The maximum atomic E-state index is 14.1. The molecule has 93 heavy (non-hydrogen) atoms. The number of methoxy groups -OCH3 is 2. The van der Waals surface area contributed by atoms with Crippen LogP contribution in [-0.2, 0) is 38.1 Å². The molecular formula is C73H95N7O13. The van der Waals surface area contributed by atoms with E-state index in [2.05, 4.69) is 42.3 Å². The Morgan fingerprint density at radius 2 is 1.00 bits per heavy atom. The quantitative estimate of drug-likeness (QED) is 0.0180. The molecule has 1 unspecified atom stereocenters. The number of hydrogen-bond donors (Lipinski definition) is 4. The van der Waals surface area contributed by atoms with Gasteiger partial charge in [-0.3, -0.25) is 14.4 Å². The van der Waals surface area contributed by atoms with Gasteiger partial charge in [-0.2, -0.15) is 0 Å². The smallest absolute Gasteiger partial charge is 0.407 e. The molecule has 1 saturated heterocycles. The van der Waals surface area contributed by atoms with Gasteiger partial charge in [0.2, 0.25) is 11.8 Å². The van der Waals surface area contributed by atoms with Crippen LogP contribution in [-0.4, -0.2) is 125 Å². The number of carboxylic acids is 1. The van der Waals surface area contributed by atoms with Crippen molar-refractivity contribution in [1.29, 1.82) is 0 Å². The number of amides is 2. The molecule has 6 aromatic rings. The zero-order chi connectivity index (χ0) is 66.3. The van der Waals surface area contributed by atoms with Crippen molar-refractivity contribution in [3.63, 3.8) is 0 Å². The van der Waals surface area contributed by atoms with Crippen molar-refractivity contribution in [1.82, 2.24) is 35.9 Å². The van der Waals surface area contributed by atoms with Crippen molar-refractivity contribution in [3.05, 3.63) is 147 Å². The minimum atomic E-state index is -1.06. The van der Waals surface area contributed by atoms with Gasteiger partial charge in [-0.25, -0.2) is 34.3 Å². The lowest BCUT2D eigenvalue weighted by molar-refractivity contribution is -0.149. The molecule has 2 aliphatic rings. The number of nitrogens with zero attached hydrogens (tertiary/aromatic N) is 4. The third kappa shape index (κ3) is 22.2. The fourth-order valence-corrected chi connectivity index (χ4v) is 10.4. The Hall–Kier alpha value is -9.30. The van der Waals surface area contributed by atoms with Crippen molar-refractivity contribution < 1.29 is 62.3 Å². The van der Waals surface area contributed by atoms with E-state index in [4.69, 9.17) is 53.5 Å². The van der Waals surface area contributed by atoms with E-state index in [1.807, 2.05) is 124 Å². The summed E-state index contributed by atoms with van der Waals surface area (Å²) in [7, 11) is 2.69. The van der Waals surface area contributed by atoms with Crippen molar-refractivity contribution in [2.75, 3.05) is 34.0 Å². The molecule has 0 spiro atoms. The number of aliphatic carboxylic acids is 1. The van der Waals surface area contributed by atoms with Crippen LogP contribution in [0.1, 0.15) is 125 Å². The molecule has 1 saturated carbocycles. The summed E-state index contributed by atoms with van der Waals surface area (Å²) in [6, 6.07) is 28.6. The molecule has 2 amide bonds. The lowest BCUT2D eigenvalue weighted by atomic mass is 9.77. The Morgan fingerprint density at radius 1 is 0.570 bits per heavy atom. The third-order valence-corrected chi connectivity index (χ3v) is 15.2. The average molecular weight is 1280 g/mol. The Labute approximate surface area is 548 Å². The van der Waals surface area contributed by atoms with Crippen LogP contribution in [0.4, 0.5) is 9.59 Å². The number of unbranched alkanes of at least 4 members (excludes halogenated alkanes) is 4. The summed E-state index contributed by atoms with van der Waals surface area (Å²) in [5.41, 5.74) is 6.55. The number of benzene rings is 4. The Bertz CT molecular complexity index is 3520. The fourth-order valence-electron chi connectivity index (χ4n) is 10.4. The number of ether oxygens (including phenoxy) is 6. The normalized spacial score (nSPS) is 17.1. The lowest BCUT2D eigenvalue weighted by Gasteiger charge is -2.32. The van der Waals surface area contributed by atoms with Gasteiger partial charge in [0.25, 0.3) is 0 Å². The molecule has 20 nitrogen and oxygen atoms in total. The monoisotopic (exact) mass is 1280 g/mol. The van der Waals surface area contributed by atoms with Crippen LogP contribution in [0.3, 0.4) is 0 Å². The van der Waals surface area contributed by atoms with Gasteiger partial charge < -0.3 is 49.5 Å². The molecule has 8 rings (SSSR count). The zero-order valence-corrected chi connectivity index (χ0v) is 53.5. The first-order chi connectivity index (χ1) is 43.5. The number of fused-ring (bicyclic) bond motifs is 2. The van der Waals surface area contributed by atoms with Gasteiger partial charge >= 0.3 is 30.1 Å². The second kappa shape index (κ2) is 36.7. The first-order valence-corrected chi connectivity index (χ1v) is 30.6. The molecule has 4 aromatic carbocycles. The molecule has 1 aliphatic heterocycles. The van der Waals surface area contributed by atoms with Crippen molar-refractivity contribution in [2.45, 2.75) is 145 Å². The van der Waals surface area contributed by atoms with Crippen LogP contribution < -0.4 is 25.4 Å². The van der Waals surface area contributed by atoms with E-state index in [-0.39, 0.29) is 64.8 Å². The van der Waals surface area contributed by atoms with Gasteiger partial charge in [0, 0.05) is 30.0 Å². The Morgan fingerprint density at radius 3 is 1.42 bits per heavy atom. The molecular weight excluding hydrogens is 1180 g/mol. The highest BCUT2D eigenvalue weighted by atomic mass is 16.6. The van der Waals surface area contributed by atoms with Gasteiger partial charge in [0.15, 0.2) is 5.78 Å². The second-order valence-corrected chi connectivity index (χ2v) is 24.3. The summed E-state index contributed by atoms with van der Waals surface area (Å²) < 4.78 is 32.9. The summed E-state index contributed by atoms with van der Waals surface area (Å²) in [5, 5.41) is 17.3. The van der Waals surface area contributed by atoms with Gasteiger partial charge in [0.05, 0.1) is 61.5 Å². The van der Waals surface area contributed by atoms with E-state index in [1.54, 1.807) is 39.0 Å². The highest BCUT2D eigenvalue weighted by Gasteiger charge is 2.49. The summed E-state index contributed by atoms with van der Waals surface area (Å²) in [4.78, 5) is 93.2. The van der Waals surface area contributed by atoms with E-state index in [1.165, 1.54) is 14.2 Å². The average Bonchev–Trinajstić information content (AvgIpc) is 1.80. The minimum absolute atomic E-state index is 0. The van der Waals surface area contributed by atoms with E-state index >= 15 is 0 Å².